The van der Waals surface area contributed by atoms with Gasteiger partial charge in [0, 0.05) is 49.7 Å². The van der Waals surface area contributed by atoms with Gasteiger partial charge in [0.2, 0.25) is 5.91 Å². The van der Waals surface area contributed by atoms with E-state index >= 15 is 0 Å². The monoisotopic (exact) mass is 575 g/mol. The lowest BCUT2D eigenvalue weighted by Crippen LogP contribution is -2.28. The molecule has 216 valence electrons. The molecule has 2 N–H and O–H groups in total. The zero-order valence-electron chi connectivity index (χ0n) is 22.8. The van der Waals surface area contributed by atoms with Gasteiger partial charge in [-0.2, -0.15) is 13.2 Å². The van der Waals surface area contributed by atoms with Crippen LogP contribution >= 0.6 is 0 Å². The predicted molar refractivity (Wildman–Crippen MR) is 151 cm³/mol. The smallest absolute Gasteiger partial charge is 0.383 e. The Bertz CT molecular complexity index is 1690. The molecule has 2 aliphatic rings. The minimum atomic E-state index is -4.55. The van der Waals surface area contributed by atoms with E-state index in [9.17, 15) is 22.8 Å². The average molecular weight is 576 g/mol. The fourth-order valence-electron chi connectivity index (χ4n) is 6.28. The summed E-state index contributed by atoms with van der Waals surface area (Å²) in [5, 5.41) is 0.711. The first-order valence-electron chi connectivity index (χ1n) is 13.5. The van der Waals surface area contributed by atoms with Crippen molar-refractivity contribution in [2.75, 3.05) is 30.8 Å². The molecular weight excluding hydrogens is 547 g/mol. The highest BCUT2D eigenvalue weighted by molar-refractivity contribution is 6.06. The van der Waals surface area contributed by atoms with E-state index in [2.05, 4.69) is 26.1 Å². The third-order valence-corrected chi connectivity index (χ3v) is 8.41. The number of halogens is 3. The van der Waals surface area contributed by atoms with Crippen molar-refractivity contribution in [1.29, 1.82) is 0 Å². The first-order chi connectivity index (χ1) is 20.0. The molecule has 12 heteroatoms. The normalized spacial score (nSPS) is 20.1. The van der Waals surface area contributed by atoms with Gasteiger partial charge in [-0.15, -0.1) is 0 Å². The molecule has 6 rings (SSSR count). The number of carbonyl (C=O) groups excluding carboxylic acids is 2. The van der Waals surface area contributed by atoms with E-state index in [1.807, 2.05) is 11.1 Å². The van der Waals surface area contributed by atoms with E-state index in [-0.39, 0.29) is 23.3 Å². The van der Waals surface area contributed by atoms with Gasteiger partial charge in [-0.1, -0.05) is 18.7 Å². The van der Waals surface area contributed by atoms with Gasteiger partial charge >= 0.3 is 6.18 Å². The van der Waals surface area contributed by atoms with Crippen LogP contribution in [0.2, 0.25) is 0 Å². The molecule has 3 aromatic heterocycles. The quantitative estimate of drug-likeness (QED) is 0.337. The lowest BCUT2D eigenvalue weighted by Gasteiger charge is -2.19. The van der Waals surface area contributed by atoms with Gasteiger partial charge in [0.1, 0.15) is 23.6 Å². The Kier molecular flexibility index (Phi) is 6.71. The van der Waals surface area contributed by atoms with Crippen molar-refractivity contribution in [2.45, 2.75) is 25.1 Å². The largest absolute Gasteiger partial charge is 0.416 e. The van der Waals surface area contributed by atoms with Gasteiger partial charge in [0.25, 0.3) is 5.91 Å². The second-order valence-corrected chi connectivity index (χ2v) is 10.8. The number of pyridine rings is 1. The zero-order chi connectivity index (χ0) is 29.8. The summed E-state index contributed by atoms with van der Waals surface area (Å²) in [5.74, 6) is 0.491. The molecule has 9 nitrogen and oxygen atoms in total. The highest BCUT2D eigenvalue weighted by Crippen LogP contribution is 2.46. The second kappa shape index (κ2) is 10.3. The van der Waals surface area contributed by atoms with Crippen LogP contribution in [-0.2, 0) is 11.0 Å². The molecule has 1 saturated carbocycles. The fraction of sp³-hybridized carbons (Fsp3) is 0.300. The number of fused-ring (bicyclic) bond motifs is 2. The number of amides is 2. The van der Waals surface area contributed by atoms with Crippen molar-refractivity contribution in [2.24, 2.45) is 11.8 Å². The first-order valence-corrected chi connectivity index (χ1v) is 13.5. The number of nitrogens with zero attached hydrogens (tertiary/aromatic N) is 6. The van der Waals surface area contributed by atoms with E-state index in [1.54, 1.807) is 24.3 Å². The van der Waals surface area contributed by atoms with Crippen molar-refractivity contribution in [3.05, 3.63) is 78.9 Å². The van der Waals surface area contributed by atoms with Crippen molar-refractivity contribution < 1.29 is 22.8 Å². The molecule has 42 heavy (non-hydrogen) atoms. The van der Waals surface area contributed by atoms with Crippen LogP contribution in [0.15, 0.2) is 67.8 Å². The van der Waals surface area contributed by atoms with Crippen LogP contribution in [0.3, 0.4) is 0 Å². The van der Waals surface area contributed by atoms with Crippen molar-refractivity contribution in [3.63, 3.8) is 0 Å². The maximum absolute atomic E-state index is 13.2. The summed E-state index contributed by atoms with van der Waals surface area (Å²) >= 11 is 0. The number of hydrogen-bond acceptors (Lipinski definition) is 6. The maximum Gasteiger partial charge on any atom is 0.416 e. The zero-order valence-corrected chi connectivity index (χ0v) is 22.8. The molecule has 1 aromatic carbocycles. The number of aromatic nitrogens is 4. The van der Waals surface area contributed by atoms with E-state index in [4.69, 9.17) is 5.73 Å². The van der Waals surface area contributed by atoms with Gasteiger partial charge in [0.15, 0.2) is 0 Å². The van der Waals surface area contributed by atoms with Crippen LogP contribution in [-0.4, -0.2) is 56.4 Å². The highest BCUT2D eigenvalue weighted by atomic mass is 19.4. The van der Waals surface area contributed by atoms with E-state index in [0.29, 0.717) is 23.0 Å². The molecular formula is C30H28F3N7O2. The molecule has 4 heterocycles. The van der Waals surface area contributed by atoms with Gasteiger partial charge in [-0.25, -0.2) is 15.0 Å². The lowest BCUT2D eigenvalue weighted by molar-refractivity contribution is -0.137. The molecule has 2 atom stereocenters. The van der Waals surface area contributed by atoms with Crippen molar-refractivity contribution >= 4 is 34.5 Å². The summed E-state index contributed by atoms with van der Waals surface area (Å²) in [7, 11) is 1.38. The number of carbonyl (C=O) groups is 2. The SMILES string of the molecule is C=CC(=O)N1CC2CC(n3cc(-c4ccc(C(=O)N(C)c5cc(C(F)(F)F)ccn5)cc4)c4c(N)ncnc43)CC2C1. The molecule has 1 aliphatic carbocycles. The Hall–Kier alpha value is -4.74. The molecule has 2 amide bonds. The number of anilines is 2. The van der Waals surface area contributed by atoms with Crippen molar-refractivity contribution in [1.82, 2.24) is 24.4 Å². The maximum atomic E-state index is 13.2. The number of nitrogens with two attached hydrogens (primary N) is 1. The minimum Gasteiger partial charge on any atom is -0.383 e. The number of alkyl halides is 3. The van der Waals surface area contributed by atoms with Gasteiger partial charge in [-0.3, -0.25) is 14.5 Å². The molecule has 0 spiro atoms. The van der Waals surface area contributed by atoms with Crippen LogP contribution < -0.4 is 10.6 Å². The fourth-order valence-corrected chi connectivity index (χ4v) is 6.28. The molecule has 4 aromatic rings. The lowest BCUT2D eigenvalue weighted by atomic mass is 10.0. The molecule has 1 aliphatic heterocycles. The number of nitrogen functional groups attached to an aromatic ring is 1. The Morgan fingerprint density at radius 1 is 1.07 bits per heavy atom. The summed E-state index contributed by atoms with van der Waals surface area (Å²) in [6, 6.07) is 8.67. The van der Waals surface area contributed by atoms with Gasteiger partial charge in [-0.05, 0) is 60.6 Å². The Morgan fingerprint density at radius 2 is 1.76 bits per heavy atom. The van der Waals surface area contributed by atoms with Crippen molar-refractivity contribution in [3.8, 4) is 11.1 Å². The molecule has 0 radical (unpaired) electrons. The first kappa shape index (κ1) is 27.4. The van der Waals surface area contributed by atoms with E-state index in [0.717, 1.165) is 65.9 Å². The molecule has 2 fully saturated rings. The molecule has 1 saturated heterocycles. The number of benzene rings is 1. The topological polar surface area (TPSA) is 110 Å². The van der Waals surface area contributed by atoms with Crippen LogP contribution in [0.25, 0.3) is 22.2 Å². The predicted octanol–water partition coefficient (Wildman–Crippen LogP) is 4.97. The van der Waals surface area contributed by atoms with Gasteiger partial charge in [0.05, 0.1) is 10.9 Å². The minimum absolute atomic E-state index is 0.0330. The average Bonchev–Trinajstić information content (AvgIpc) is 3.68. The van der Waals surface area contributed by atoms with Crippen LogP contribution in [0.4, 0.5) is 24.8 Å². The van der Waals surface area contributed by atoms with Gasteiger partial charge < -0.3 is 15.2 Å². The van der Waals surface area contributed by atoms with Crippen LogP contribution in [0.1, 0.15) is 34.8 Å². The number of hydrogen-bond donors (Lipinski definition) is 1. The third-order valence-electron chi connectivity index (χ3n) is 8.41. The molecule has 0 bridgehead atoms. The van der Waals surface area contributed by atoms with Crippen LogP contribution in [0, 0.1) is 11.8 Å². The number of rotatable bonds is 5. The standard InChI is InChI=1S/C30H28F3N7O2/c1-3-25(41)39-13-19-10-22(11-20(19)14-39)40-15-23(26-27(34)36-16-37-28(26)40)17-4-6-18(7-5-17)29(42)38(2)24-12-21(8-9-35-24)30(31,32)33/h3-9,12,15-16,19-20,22H,1,10-11,13-14H2,2H3,(H2,34,36,37). The van der Waals surface area contributed by atoms with E-state index < -0.39 is 17.6 Å². The second-order valence-electron chi connectivity index (χ2n) is 10.8. The summed E-state index contributed by atoms with van der Waals surface area (Å²) in [6.45, 7) is 5.04. The Balaban J connectivity index is 1.26. The highest BCUT2D eigenvalue weighted by Gasteiger charge is 2.43. The summed E-state index contributed by atoms with van der Waals surface area (Å²) < 4.78 is 41.6. The summed E-state index contributed by atoms with van der Waals surface area (Å²) in [5.41, 5.74) is 8.05. The third kappa shape index (κ3) is 4.76. The molecule has 2 unspecified atom stereocenters. The van der Waals surface area contributed by atoms with E-state index in [1.165, 1.54) is 19.5 Å². The Morgan fingerprint density at radius 3 is 2.40 bits per heavy atom. The summed E-state index contributed by atoms with van der Waals surface area (Å²) in [4.78, 5) is 40.9. The number of likely N-dealkylation sites (tertiary alicyclic amines) is 1. The van der Waals surface area contributed by atoms with Crippen LogP contribution in [0.5, 0.6) is 0 Å². The Labute approximate surface area is 239 Å². The summed E-state index contributed by atoms with van der Waals surface area (Å²) in [6.07, 6.45) is 3.12.